The van der Waals surface area contributed by atoms with Crippen molar-refractivity contribution in [2.24, 2.45) is 4.99 Å². The standard InChI is InChI=1S/C15H24BrN3O.HI/c1-15(2,12-6-5-7-13(16)10-12)11-19-14(17-3)18-8-9-20-4;/h5-7,10H,8-9,11H2,1-4H3,(H2,17,18,19);1H. The third-order valence-corrected chi connectivity index (χ3v) is 3.62. The maximum absolute atomic E-state index is 5.01. The highest BCUT2D eigenvalue weighted by molar-refractivity contribution is 14.0. The van der Waals surface area contributed by atoms with Crippen LogP contribution in [0.5, 0.6) is 0 Å². The summed E-state index contributed by atoms with van der Waals surface area (Å²) < 4.78 is 6.12. The summed E-state index contributed by atoms with van der Waals surface area (Å²) in [7, 11) is 3.46. The zero-order valence-corrected chi connectivity index (χ0v) is 17.0. The maximum atomic E-state index is 5.01. The van der Waals surface area contributed by atoms with Gasteiger partial charge < -0.3 is 15.4 Å². The predicted molar refractivity (Wildman–Crippen MR) is 104 cm³/mol. The van der Waals surface area contributed by atoms with Gasteiger partial charge in [-0.15, -0.1) is 24.0 Å². The quantitative estimate of drug-likeness (QED) is 0.291. The molecule has 0 saturated heterocycles. The number of nitrogens with one attached hydrogen (secondary N) is 2. The highest BCUT2D eigenvalue weighted by Crippen LogP contribution is 2.24. The van der Waals surface area contributed by atoms with E-state index in [1.54, 1.807) is 14.2 Å². The van der Waals surface area contributed by atoms with Crippen LogP contribution in [-0.2, 0) is 10.2 Å². The lowest BCUT2D eigenvalue weighted by Gasteiger charge is -2.27. The number of hydrogen-bond acceptors (Lipinski definition) is 2. The van der Waals surface area contributed by atoms with Crippen LogP contribution in [0.15, 0.2) is 33.7 Å². The first kappa shape index (κ1) is 20.7. The SMILES string of the molecule is CN=C(NCCOC)NCC(C)(C)c1cccc(Br)c1.I. The first-order valence-corrected chi connectivity index (χ1v) is 7.48. The third-order valence-electron chi connectivity index (χ3n) is 3.13. The lowest BCUT2D eigenvalue weighted by atomic mass is 9.85. The second-order valence-electron chi connectivity index (χ2n) is 5.24. The van der Waals surface area contributed by atoms with Crippen molar-refractivity contribution < 1.29 is 4.74 Å². The third kappa shape index (κ3) is 7.46. The van der Waals surface area contributed by atoms with Crippen LogP contribution in [0.1, 0.15) is 19.4 Å². The molecular formula is C15H25BrIN3O. The van der Waals surface area contributed by atoms with Crippen LogP contribution in [-0.4, -0.2) is 39.8 Å². The molecule has 0 aromatic heterocycles. The zero-order chi connectivity index (χ0) is 15.0. The summed E-state index contributed by atoms with van der Waals surface area (Å²) in [5.41, 5.74) is 1.30. The van der Waals surface area contributed by atoms with Crippen LogP contribution in [0.4, 0.5) is 0 Å². The summed E-state index contributed by atoms with van der Waals surface area (Å²) in [4.78, 5) is 4.20. The van der Waals surface area contributed by atoms with Gasteiger partial charge in [0.15, 0.2) is 5.96 Å². The van der Waals surface area contributed by atoms with Gasteiger partial charge in [-0.05, 0) is 17.7 Å². The average Bonchev–Trinajstić information content (AvgIpc) is 2.42. The Kier molecular flexibility index (Phi) is 10.2. The van der Waals surface area contributed by atoms with Crippen molar-refractivity contribution in [2.75, 3.05) is 33.9 Å². The lowest BCUT2D eigenvalue weighted by molar-refractivity contribution is 0.203. The van der Waals surface area contributed by atoms with Crippen LogP contribution in [0.3, 0.4) is 0 Å². The van der Waals surface area contributed by atoms with E-state index in [4.69, 9.17) is 4.74 Å². The molecule has 0 aliphatic carbocycles. The zero-order valence-electron chi connectivity index (χ0n) is 13.1. The molecule has 0 aliphatic rings. The van der Waals surface area contributed by atoms with E-state index in [0.29, 0.717) is 6.61 Å². The van der Waals surface area contributed by atoms with Crippen LogP contribution in [0, 0.1) is 0 Å². The Morgan fingerprint density at radius 3 is 2.62 bits per heavy atom. The Hall–Kier alpha value is -0.340. The van der Waals surface area contributed by atoms with Gasteiger partial charge in [0.1, 0.15) is 0 Å². The van der Waals surface area contributed by atoms with Gasteiger partial charge in [-0.2, -0.15) is 0 Å². The van der Waals surface area contributed by atoms with E-state index in [1.165, 1.54) is 5.56 Å². The number of guanidine groups is 1. The predicted octanol–water partition coefficient (Wildman–Crippen LogP) is 3.16. The van der Waals surface area contributed by atoms with E-state index in [2.05, 4.69) is 63.6 Å². The van der Waals surface area contributed by atoms with Crippen molar-refractivity contribution >= 4 is 45.9 Å². The molecule has 4 nitrogen and oxygen atoms in total. The molecular weight excluding hydrogens is 445 g/mol. The second-order valence-corrected chi connectivity index (χ2v) is 6.16. The van der Waals surface area contributed by atoms with E-state index >= 15 is 0 Å². The molecule has 1 aromatic carbocycles. The Morgan fingerprint density at radius 1 is 1.33 bits per heavy atom. The minimum absolute atomic E-state index is 0. The first-order valence-electron chi connectivity index (χ1n) is 6.69. The Bertz CT molecular complexity index is 452. The van der Waals surface area contributed by atoms with E-state index in [-0.39, 0.29) is 29.4 Å². The largest absolute Gasteiger partial charge is 0.383 e. The van der Waals surface area contributed by atoms with Gasteiger partial charge in [0.2, 0.25) is 0 Å². The van der Waals surface area contributed by atoms with Crippen molar-refractivity contribution in [2.45, 2.75) is 19.3 Å². The Balaban J connectivity index is 0.00000400. The molecule has 120 valence electrons. The summed E-state index contributed by atoms with van der Waals surface area (Å²) >= 11 is 3.52. The summed E-state index contributed by atoms with van der Waals surface area (Å²) in [5.74, 6) is 0.796. The van der Waals surface area contributed by atoms with Crippen LogP contribution < -0.4 is 10.6 Å². The van der Waals surface area contributed by atoms with Gasteiger partial charge in [0, 0.05) is 37.1 Å². The molecule has 2 N–H and O–H groups in total. The normalized spacial score (nSPS) is 11.8. The van der Waals surface area contributed by atoms with Gasteiger partial charge in [-0.1, -0.05) is 41.9 Å². The summed E-state index contributed by atoms with van der Waals surface area (Å²) in [6, 6.07) is 8.40. The Labute approximate surface area is 153 Å². The molecule has 0 bridgehead atoms. The average molecular weight is 470 g/mol. The van der Waals surface area contributed by atoms with Crippen LogP contribution in [0.25, 0.3) is 0 Å². The fourth-order valence-corrected chi connectivity index (χ4v) is 2.21. The Morgan fingerprint density at radius 2 is 2.05 bits per heavy atom. The summed E-state index contributed by atoms with van der Waals surface area (Å²) in [5, 5.41) is 6.56. The molecule has 1 aromatic rings. The minimum atomic E-state index is 0. The summed E-state index contributed by atoms with van der Waals surface area (Å²) in [6.07, 6.45) is 0. The number of aliphatic imine (C=N–C) groups is 1. The molecule has 21 heavy (non-hydrogen) atoms. The fourth-order valence-electron chi connectivity index (χ4n) is 1.81. The molecule has 6 heteroatoms. The number of methoxy groups -OCH3 is 1. The van der Waals surface area contributed by atoms with Crippen molar-refractivity contribution in [3.05, 3.63) is 34.3 Å². The molecule has 0 fully saturated rings. The first-order chi connectivity index (χ1) is 9.49. The van der Waals surface area contributed by atoms with Gasteiger partial charge in [-0.3, -0.25) is 4.99 Å². The number of nitrogens with zero attached hydrogens (tertiary/aromatic N) is 1. The number of hydrogen-bond donors (Lipinski definition) is 2. The molecule has 0 heterocycles. The van der Waals surface area contributed by atoms with Crippen molar-refractivity contribution in [1.29, 1.82) is 0 Å². The van der Waals surface area contributed by atoms with E-state index < -0.39 is 0 Å². The van der Waals surface area contributed by atoms with Gasteiger partial charge in [-0.25, -0.2) is 0 Å². The second kappa shape index (κ2) is 10.4. The molecule has 0 atom stereocenters. The highest BCUT2D eigenvalue weighted by Gasteiger charge is 2.21. The fraction of sp³-hybridized carbons (Fsp3) is 0.533. The van der Waals surface area contributed by atoms with Crippen molar-refractivity contribution in [3.63, 3.8) is 0 Å². The lowest BCUT2D eigenvalue weighted by Crippen LogP contribution is -2.44. The number of halogens is 2. The smallest absolute Gasteiger partial charge is 0.191 e. The van der Waals surface area contributed by atoms with E-state index in [0.717, 1.165) is 23.5 Å². The molecule has 0 radical (unpaired) electrons. The van der Waals surface area contributed by atoms with E-state index in [1.807, 2.05) is 6.07 Å². The maximum Gasteiger partial charge on any atom is 0.191 e. The van der Waals surface area contributed by atoms with Crippen molar-refractivity contribution in [3.8, 4) is 0 Å². The number of benzene rings is 1. The monoisotopic (exact) mass is 469 g/mol. The van der Waals surface area contributed by atoms with E-state index in [9.17, 15) is 0 Å². The molecule has 0 aliphatic heterocycles. The topological polar surface area (TPSA) is 45.7 Å². The molecule has 0 saturated carbocycles. The minimum Gasteiger partial charge on any atom is -0.383 e. The highest BCUT2D eigenvalue weighted by atomic mass is 127. The molecule has 0 unspecified atom stereocenters. The molecule has 0 amide bonds. The van der Waals surface area contributed by atoms with Gasteiger partial charge in [0.05, 0.1) is 6.61 Å². The van der Waals surface area contributed by atoms with Gasteiger partial charge >= 0.3 is 0 Å². The number of rotatable bonds is 6. The molecule has 0 spiro atoms. The summed E-state index contributed by atoms with van der Waals surface area (Å²) in [6.45, 7) is 6.63. The van der Waals surface area contributed by atoms with Crippen molar-refractivity contribution in [1.82, 2.24) is 10.6 Å². The number of ether oxygens (including phenoxy) is 1. The molecule has 1 rings (SSSR count). The van der Waals surface area contributed by atoms with Crippen LogP contribution in [0.2, 0.25) is 0 Å². The van der Waals surface area contributed by atoms with Crippen LogP contribution >= 0.6 is 39.9 Å². The van der Waals surface area contributed by atoms with Gasteiger partial charge in [0.25, 0.3) is 0 Å².